The second kappa shape index (κ2) is 11.8. The van der Waals surface area contributed by atoms with E-state index in [9.17, 15) is 5.26 Å². The fourth-order valence-corrected chi connectivity index (χ4v) is 5.17. The molecule has 0 spiro atoms. The van der Waals surface area contributed by atoms with Crippen LogP contribution in [0.25, 0.3) is 0 Å². The zero-order valence-corrected chi connectivity index (χ0v) is 21.9. The number of rotatable bonds is 8. The van der Waals surface area contributed by atoms with Gasteiger partial charge < -0.3 is 10.6 Å². The minimum atomic E-state index is 0.480. The van der Waals surface area contributed by atoms with E-state index in [-0.39, 0.29) is 0 Å². The van der Waals surface area contributed by atoms with Crippen molar-refractivity contribution in [2.45, 2.75) is 45.1 Å². The molecule has 2 N–H and O–H groups in total. The number of benzene rings is 2. The van der Waals surface area contributed by atoms with Gasteiger partial charge in [0.05, 0.1) is 26.9 Å². The summed E-state index contributed by atoms with van der Waals surface area (Å²) in [5.74, 6) is 2.66. The van der Waals surface area contributed by atoms with E-state index in [4.69, 9.17) is 6.42 Å². The van der Waals surface area contributed by atoms with Gasteiger partial charge in [0, 0.05) is 29.7 Å². The lowest BCUT2D eigenvalue weighted by molar-refractivity contribution is 0.331. The lowest BCUT2D eigenvalue weighted by Crippen LogP contribution is -2.18. The van der Waals surface area contributed by atoms with Crippen LogP contribution in [0.15, 0.2) is 70.2 Å². The molecule has 2 heterocycles. The van der Waals surface area contributed by atoms with Crippen LogP contribution in [0.5, 0.6) is 0 Å². The summed E-state index contributed by atoms with van der Waals surface area (Å²) in [5.41, 5.74) is 7.16. The normalized spacial score (nSPS) is 13.0. The van der Waals surface area contributed by atoms with Gasteiger partial charge in [-0.3, -0.25) is 9.88 Å². The van der Waals surface area contributed by atoms with E-state index in [1.54, 1.807) is 18.0 Å². The fourth-order valence-electron chi connectivity index (χ4n) is 4.13. The van der Waals surface area contributed by atoms with E-state index in [1.807, 2.05) is 31.2 Å². The zero-order valence-electron chi connectivity index (χ0n) is 21.1. The van der Waals surface area contributed by atoms with Crippen LogP contribution >= 0.6 is 11.8 Å². The topological polar surface area (TPSA) is 64.0 Å². The second-order valence-corrected chi connectivity index (χ2v) is 10.2. The van der Waals surface area contributed by atoms with E-state index in [0.717, 1.165) is 50.4 Å². The molecule has 2 aromatic carbocycles. The Morgan fingerprint density at radius 1 is 1.11 bits per heavy atom. The molecule has 0 saturated carbocycles. The highest BCUT2D eigenvalue weighted by atomic mass is 32.2. The van der Waals surface area contributed by atoms with Crippen LogP contribution in [-0.4, -0.2) is 23.0 Å². The molecule has 0 radical (unpaired) electrons. The predicted molar refractivity (Wildman–Crippen MR) is 150 cm³/mol. The maximum Gasteiger partial charge on any atom is 0.103 e. The van der Waals surface area contributed by atoms with Crippen LogP contribution in [0.4, 0.5) is 17.1 Å². The van der Waals surface area contributed by atoms with Crippen molar-refractivity contribution in [1.82, 2.24) is 9.88 Å². The number of allylic oxidation sites excluding steroid dienone is 1. The maximum atomic E-state index is 9.82. The van der Waals surface area contributed by atoms with Crippen molar-refractivity contribution < 1.29 is 0 Å². The summed E-state index contributed by atoms with van der Waals surface area (Å²) in [6, 6.07) is 18.6. The summed E-state index contributed by atoms with van der Waals surface area (Å²) in [6.45, 7) is 9.51. The second-order valence-electron chi connectivity index (χ2n) is 9.16. The van der Waals surface area contributed by atoms with Crippen molar-refractivity contribution >= 4 is 28.8 Å². The Morgan fingerprint density at radius 3 is 2.53 bits per heavy atom. The molecule has 4 rings (SSSR count). The first kappa shape index (κ1) is 25.4. The number of hydrogen-bond acceptors (Lipinski definition) is 6. The first-order valence-electron chi connectivity index (χ1n) is 12.1. The molecule has 0 atom stereocenters. The molecule has 0 amide bonds. The molecular formula is C30H31N5S. The first-order valence-corrected chi connectivity index (χ1v) is 13.0. The van der Waals surface area contributed by atoms with Gasteiger partial charge in [0.25, 0.3) is 0 Å². The van der Waals surface area contributed by atoms with Crippen LogP contribution in [0.3, 0.4) is 0 Å². The summed E-state index contributed by atoms with van der Waals surface area (Å²) in [6.07, 6.45) is 9.80. The average Bonchev–Trinajstić information content (AvgIpc) is 3.40. The Labute approximate surface area is 218 Å². The van der Waals surface area contributed by atoms with Crippen LogP contribution in [0.2, 0.25) is 0 Å². The number of likely N-dealkylation sites (tertiary alicyclic amines) is 1. The highest BCUT2D eigenvalue weighted by Gasteiger charge is 2.17. The van der Waals surface area contributed by atoms with Crippen LogP contribution in [-0.2, 0) is 6.54 Å². The van der Waals surface area contributed by atoms with Gasteiger partial charge in [-0.1, -0.05) is 35.9 Å². The Kier molecular flexibility index (Phi) is 8.33. The largest absolute Gasteiger partial charge is 0.353 e. The third-order valence-electron chi connectivity index (χ3n) is 6.11. The third kappa shape index (κ3) is 6.29. The minimum absolute atomic E-state index is 0.480. The predicted octanol–water partition coefficient (Wildman–Crippen LogP) is 7.04. The van der Waals surface area contributed by atoms with Gasteiger partial charge in [-0.05, 0) is 88.2 Å². The average molecular weight is 494 g/mol. The maximum absolute atomic E-state index is 9.82. The van der Waals surface area contributed by atoms with E-state index in [0.29, 0.717) is 5.56 Å². The number of nitrogens with one attached hydrogen (secondary N) is 2. The van der Waals surface area contributed by atoms with Crippen molar-refractivity contribution in [1.29, 1.82) is 5.26 Å². The molecule has 36 heavy (non-hydrogen) atoms. The lowest BCUT2D eigenvalue weighted by atomic mass is 10.1. The number of aryl methyl sites for hydroxylation is 1. The van der Waals surface area contributed by atoms with Gasteiger partial charge in [0.2, 0.25) is 0 Å². The first-order chi connectivity index (χ1) is 17.5. The quantitative estimate of drug-likeness (QED) is 0.259. The molecule has 3 aromatic rings. The van der Waals surface area contributed by atoms with Gasteiger partial charge in [0.1, 0.15) is 6.07 Å². The number of terminal acetylenes is 1. The fraction of sp³-hybridized carbons (Fsp3) is 0.267. The molecule has 182 valence electrons. The highest BCUT2D eigenvalue weighted by Crippen LogP contribution is 2.39. The molecule has 0 bridgehead atoms. The Balaban J connectivity index is 1.58. The van der Waals surface area contributed by atoms with Crippen molar-refractivity contribution in [3.05, 3.63) is 87.7 Å². The number of pyridine rings is 1. The lowest BCUT2D eigenvalue weighted by Gasteiger charge is -2.19. The summed E-state index contributed by atoms with van der Waals surface area (Å²) < 4.78 is 0. The third-order valence-corrected chi connectivity index (χ3v) is 7.52. The summed E-state index contributed by atoms with van der Waals surface area (Å²) in [4.78, 5) is 7.90. The molecule has 1 fully saturated rings. The Hall–Kier alpha value is -3.71. The molecule has 1 aliphatic heterocycles. The SMILES string of the molecule is C#Cc1cccc(Nc2c(C#N)cnc(C)c2SC(Nc2ccc(CN3CCCC3)cc2)=C(C)C)c1. The number of anilines is 3. The number of hydrogen-bond donors (Lipinski definition) is 2. The van der Waals surface area contributed by atoms with E-state index in [2.05, 4.69) is 70.6 Å². The number of nitrogens with zero attached hydrogens (tertiary/aromatic N) is 3. The van der Waals surface area contributed by atoms with Gasteiger partial charge in [-0.2, -0.15) is 5.26 Å². The van der Waals surface area contributed by atoms with Crippen molar-refractivity contribution in [3.63, 3.8) is 0 Å². The summed E-state index contributed by atoms with van der Waals surface area (Å²) >= 11 is 1.58. The Morgan fingerprint density at radius 2 is 1.86 bits per heavy atom. The highest BCUT2D eigenvalue weighted by molar-refractivity contribution is 8.03. The smallest absolute Gasteiger partial charge is 0.103 e. The van der Waals surface area contributed by atoms with Crippen LogP contribution in [0.1, 0.15) is 49.1 Å². The summed E-state index contributed by atoms with van der Waals surface area (Å²) in [5, 5.41) is 17.8. The van der Waals surface area contributed by atoms with Crippen LogP contribution < -0.4 is 10.6 Å². The molecule has 0 aliphatic carbocycles. The van der Waals surface area contributed by atoms with Crippen molar-refractivity contribution in [3.8, 4) is 18.4 Å². The molecular weight excluding hydrogens is 462 g/mol. The number of thioether (sulfide) groups is 1. The van der Waals surface area contributed by atoms with Gasteiger partial charge in [-0.25, -0.2) is 0 Å². The summed E-state index contributed by atoms with van der Waals surface area (Å²) in [7, 11) is 0. The van der Waals surface area contributed by atoms with Gasteiger partial charge >= 0.3 is 0 Å². The minimum Gasteiger partial charge on any atom is -0.353 e. The molecule has 1 saturated heterocycles. The van der Waals surface area contributed by atoms with Crippen LogP contribution in [0, 0.1) is 30.6 Å². The van der Waals surface area contributed by atoms with E-state index in [1.165, 1.54) is 31.5 Å². The molecule has 1 aromatic heterocycles. The number of nitriles is 1. The molecule has 1 aliphatic rings. The number of aromatic nitrogens is 1. The standard InChI is InChI=1S/C30H31N5S/c1-5-23-9-8-10-27(17-23)33-28-25(18-31)19-32-22(4)29(28)36-30(21(2)3)34-26-13-11-24(12-14-26)20-35-15-6-7-16-35/h1,8-14,17,19,34H,6-7,15-16,20H2,2-4H3,(H,32,33). The zero-order chi connectivity index (χ0) is 25.5. The Bertz CT molecular complexity index is 1340. The van der Waals surface area contributed by atoms with E-state index >= 15 is 0 Å². The molecule has 5 nitrogen and oxygen atoms in total. The molecule has 6 heteroatoms. The van der Waals surface area contributed by atoms with Crippen molar-refractivity contribution in [2.75, 3.05) is 23.7 Å². The van der Waals surface area contributed by atoms with Gasteiger partial charge in [0.15, 0.2) is 0 Å². The van der Waals surface area contributed by atoms with Gasteiger partial charge in [-0.15, -0.1) is 6.42 Å². The monoisotopic (exact) mass is 493 g/mol. The van der Waals surface area contributed by atoms with E-state index < -0.39 is 0 Å². The van der Waals surface area contributed by atoms with Crippen molar-refractivity contribution in [2.24, 2.45) is 0 Å². The molecule has 0 unspecified atom stereocenters.